The van der Waals surface area contributed by atoms with E-state index < -0.39 is 0 Å². The number of rotatable bonds is 7. The molecule has 0 saturated carbocycles. The first-order valence-electron chi connectivity index (χ1n) is 8.47. The molecule has 2 heterocycles. The summed E-state index contributed by atoms with van der Waals surface area (Å²) in [5.74, 6) is 1.34. The van der Waals surface area contributed by atoms with Crippen LogP contribution in [0.4, 0.5) is 0 Å². The molecule has 0 atom stereocenters. The molecule has 6 nitrogen and oxygen atoms in total. The number of halogens is 1. The molecular weight excluding hydrogens is 386 g/mol. The number of hydrogen-bond acceptors (Lipinski definition) is 5. The van der Waals surface area contributed by atoms with E-state index in [1.54, 1.807) is 18.2 Å². The van der Waals surface area contributed by atoms with E-state index in [9.17, 15) is 4.79 Å². The van der Waals surface area contributed by atoms with Gasteiger partial charge in [0.1, 0.15) is 23.8 Å². The van der Waals surface area contributed by atoms with E-state index in [-0.39, 0.29) is 5.91 Å². The zero-order valence-electron chi connectivity index (χ0n) is 14.3. The van der Waals surface area contributed by atoms with Gasteiger partial charge in [0.2, 0.25) is 0 Å². The highest BCUT2D eigenvalue weighted by Crippen LogP contribution is 2.26. The molecule has 1 N–H and O–H groups in total. The molecule has 134 valence electrons. The molecule has 0 radical (unpaired) electrons. The number of hydrogen-bond donors (Lipinski definition) is 1. The topological polar surface area (TPSA) is 67.6 Å². The van der Waals surface area contributed by atoms with Crippen molar-refractivity contribution >= 4 is 21.8 Å². The maximum Gasteiger partial charge on any atom is 0.251 e. The first-order valence-corrected chi connectivity index (χ1v) is 9.26. The van der Waals surface area contributed by atoms with Gasteiger partial charge in [-0.3, -0.25) is 4.79 Å². The fourth-order valence-corrected chi connectivity index (χ4v) is 3.33. The second kappa shape index (κ2) is 8.49. The summed E-state index contributed by atoms with van der Waals surface area (Å²) in [5.41, 5.74) is 1.34. The molecule has 7 heteroatoms. The fraction of sp³-hybridized carbons (Fsp3) is 0.444. The van der Waals surface area contributed by atoms with Gasteiger partial charge in [0.15, 0.2) is 0 Å². The summed E-state index contributed by atoms with van der Waals surface area (Å²) >= 11 is 3.46. The minimum absolute atomic E-state index is 0.0708. The van der Waals surface area contributed by atoms with Crippen molar-refractivity contribution in [3.63, 3.8) is 0 Å². The standard InChI is InChI=1S/C18H22BrN3O3/c1-13-10-15(21-25-13)12-24-17-5-4-14(11-16(17)19)18(23)20-6-9-22-7-2-3-8-22/h4-5,10-11H,2-3,6-9,12H2,1H3,(H,20,23). The van der Waals surface area contributed by atoms with Gasteiger partial charge in [-0.1, -0.05) is 5.16 Å². The molecule has 1 aliphatic rings. The minimum atomic E-state index is -0.0708. The summed E-state index contributed by atoms with van der Waals surface area (Å²) in [6.45, 7) is 6.00. The van der Waals surface area contributed by atoms with Gasteiger partial charge in [0.25, 0.3) is 5.91 Å². The summed E-state index contributed by atoms with van der Waals surface area (Å²) in [7, 11) is 0. The molecule has 1 saturated heterocycles. The number of carbonyl (C=O) groups is 1. The van der Waals surface area contributed by atoms with E-state index >= 15 is 0 Å². The molecule has 3 rings (SSSR count). The zero-order chi connectivity index (χ0) is 17.6. The largest absolute Gasteiger partial charge is 0.486 e. The van der Waals surface area contributed by atoms with E-state index in [1.165, 1.54) is 12.8 Å². The third-order valence-electron chi connectivity index (χ3n) is 4.16. The van der Waals surface area contributed by atoms with Crippen LogP contribution in [0.1, 0.15) is 34.7 Å². The number of carbonyl (C=O) groups excluding carboxylic acids is 1. The van der Waals surface area contributed by atoms with E-state index in [2.05, 4.69) is 31.3 Å². The summed E-state index contributed by atoms with van der Waals surface area (Å²) < 4.78 is 11.5. The highest BCUT2D eigenvalue weighted by Gasteiger charge is 2.13. The molecule has 1 aliphatic heterocycles. The molecule has 25 heavy (non-hydrogen) atoms. The molecule has 0 aliphatic carbocycles. The Labute approximate surface area is 155 Å². The fourth-order valence-electron chi connectivity index (χ4n) is 2.83. The summed E-state index contributed by atoms with van der Waals surface area (Å²) in [4.78, 5) is 14.6. The van der Waals surface area contributed by atoms with E-state index in [1.807, 2.05) is 13.0 Å². The number of likely N-dealkylation sites (tertiary alicyclic amines) is 1. The SMILES string of the molecule is Cc1cc(COc2ccc(C(=O)NCCN3CCCC3)cc2Br)no1. The Bertz CT molecular complexity index is 726. The van der Waals surface area contributed by atoms with Crippen molar-refractivity contribution in [3.8, 4) is 5.75 Å². The van der Waals surface area contributed by atoms with Gasteiger partial charge in [-0.05, 0) is 67.0 Å². The van der Waals surface area contributed by atoms with Crippen LogP contribution in [0.15, 0.2) is 33.3 Å². The lowest BCUT2D eigenvalue weighted by Crippen LogP contribution is -2.33. The smallest absolute Gasteiger partial charge is 0.251 e. The Balaban J connectivity index is 1.50. The molecule has 1 aromatic carbocycles. The number of aromatic nitrogens is 1. The number of benzene rings is 1. The number of nitrogens with zero attached hydrogens (tertiary/aromatic N) is 2. The first-order chi connectivity index (χ1) is 12.1. The Morgan fingerprint density at radius 1 is 1.36 bits per heavy atom. The monoisotopic (exact) mass is 407 g/mol. The van der Waals surface area contributed by atoms with Crippen molar-refractivity contribution in [2.24, 2.45) is 0 Å². The average Bonchev–Trinajstić information content (AvgIpc) is 3.25. The second-order valence-corrected chi connectivity index (χ2v) is 7.02. The number of ether oxygens (including phenoxy) is 1. The van der Waals surface area contributed by atoms with E-state index in [0.29, 0.717) is 24.5 Å². The zero-order valence-corrected chi connectivity index (χ0v) is 15.8. The normalized spacial score (nSPS) is 14.6. The van der Waals surface area contributed by atoms with Crippen LogP contribution in [0.5, 0.6) is 5.75 Å². The van der Waals surface area contributed by atoms with Gasteiger partial charge in [-0.15, -0.1) is 0 Å². The maximum absolute atomic E-state index is 12.3. The molecule has 0 bridgehead atoms. The first kappa shape index (κ1) is 17.9. The van der Waals surface area contributed by atoms with Crippen LogP contribution < -0.4 is 10.1 Å². The Hall–Kier alpha value is -1.86. The van der Waals surface area contributed by atoms with Crippen LogP contribution in [0.2, 0.25) is 0 Å². The number of aryl methyl sites for hydroxylation is 1. The van der Waals surface area contributed by atoms with Gasteiger partial charge in [-0.2, -0.15) is 0 Å². The average molecular weight is 408 g/mol. The van der Waals surface area contributed by atoms with Crippen LogP contribution in [-0.2, 0) is 6.61 Å². The number of nitrogens with one attached hydrogen (secondary N) is 1. The second-order valence-electron chi connectivity index (χ2n) is 6.17. The van der Waals surface area contributed by atoms with Crippen molar-refractivity contribution < 1.29 is 14.1 Å². The Kier molecular flexibility index (Phi) is 6.09. The van der Waals surface area contributed by atoms with Gasteiger partial charge < -0.3 is 19.5 Å². The van der Waals surface area contributed by atoms with Crippen LogP contribution in [0, 0.1) is 6.92 Å². The molecule has 2 aromatic rings. The predicted molar refractivity (Wildman–Crippen MR) is 97.7 cm³/mol. The van der Waals surface area contributed by atoms with Gasteiger partial charge in [0.05, 0.1) is 4.47 Å². The Morgan fingerprint density at radius 3 is 2.84 bits per heavy atom. The highest BCUT2D eigenvalue weighted by molar-refractivity contribution is 9.10. The number of amides is 1. The van der Waals surface area contributed by atoms with Crippen molar-refractivity contribution in [1.29, 1.82) is 0 Å². The van der Waals surface area contributed by atoms with Crippen molar-refractivity contribution in [1.82, 2.24) is 15.4 Å². The molecular formula is C18H22BrN3O3. The summed E-state index contributed by atoms with van der Waals surface area (Å²) in [5, 5.41) is 6.86. The lowest BCUT2D eigenvalue weighted by molar-refractivity contribution is 0.0949. The van der Waals surface area contributed by atoms with E-state index in [4.69, 9.17) is 9.26 Å². The summed E-state index contributed by atoms with van der Waals surface area (Å²) in [6.07, 6.45) is 2.52. The van der Waals surface area contributed by atoms with E-state index in [0.717, 1.165) is 35.6 Å². The third-order valence-corrected chi connectivity index (χ3v) is 4.78. The lowest BCUT2D eigenvalue weighted by atomic mass is 10.2. The predicted octanol–water partition coefficient (Wildman–Crippen LogP) is 3.15. The van der Waals surface area contributed by atoms with Crippen LogP contribution >= 0.6 is 15.9 Å². The van der Waals surface area contributed by atoms with Crippen LogP contribution in [-0.4, -0.2) is 42.1 Å². The van der Waals surface area contributed by atoms with Crippen molar-refractivity contribution in [3.05, 3.63) is 45.8 Å². The van der Waals surface area contributed by atoms with Crippen LogP contribution in [0.25, 0.3) is 0 Å². The van der Waals surface area contributed by atoms with Gasteiger partial charge in [0, 0.05) is 24.7 Å². The highest BCUT2D eigenvalue weighted by atomic mass is 79.9. The molecule has 0 spiro atoms. The lowest BCUT2D eigenvalue weighted by Gasteiger charge is -2.15. The van der Waals surface area contributed by atoms with Crippen LogP contribution in [0.3, 0.4) is 0 Å². The maximum atomic E-state index is 12.3. The molecule has 1 fully saturated rings. The van der Waals surface area contributed by atoms with Gasteiger partial charge >= 0.3 is 0 Å². The molecule has 0 unspecified atom stereocenters. The van der Waals surface area contributed by atoms with Gasteiger partial charge in [-0.25, -0.2) is 0 Å². The minimum Gasteiger partial charge on any atom is -0.486 e. The van der Waals surface area contributed by atoms with Crippen molar-refractivity contribution in [2.45, 2.75) is 26.4 Å². The summed E-state index contributed by atoms with van der Waals surface area (Å²) in [6, 6.07) is 7.15. The Morgan fingerprint density at radius 2 is 2.16 bits per heavy atom. The molecule has 1 amide bonds. The molecule has 1 aromatic heterocycles. The third kappa shape index (κ3) is 5.06. The van der Waals surface area contributed by atoms with Crippen molar-refractivity contribution in [2.75, 3.05) is 26.2 Å². The quantitative estimate of drug-likeness (QED) is 0.763.